The minimum atomic E-state index is -0.190. The lowest BCUT2D eigenvalue weighted by Crippen LogP contribution is -2.44. The van der Waals surface area contributed by atoms with Crippen molar-refractivity contribution in [2.24, 2.45) is 12.5 Å². The number of pyridine rings is 1. The molecule has 7 heteroatoms. The lowest BCUT2D eigenvalue weighted by Gasteiger charge is -2.39. The van der Waals surface area contributed by atoms with E-state index in [1.165, 1.54) is 0 Å². The molecule has 2 aliphatic rings. The maximum Gasteiger partial charge on any atom is 0.226 e. The Labute approximate surface area is 168 Å². The molecule has 0 bridgehead atoms. The highest BCUT2D eigenvalue weighted by atomic mass is 35.5. The van der Waals surface area contributed by atoms with Gasteiger partial charge in [-0.2, -0.15) is 5.10 Å². The molecular formula is C21H22ClN5O. The summed E-state index contributed by atoms with van der Waals surface area (Å²) in [6, 6.07) is 6.24. The van der Waals surface area contributed by atoms with Crippen LogP contribution >= 0.6 is 11.6 Å². The first-order chi connectivity index (χ1) is 13.6. The first-order valence-corrected chi connectivity index (χ1v) is 10.0. The number of fused-ring (bicyclic) bond motifs is 1. The molecule has 2 fully saturated rings. The second-order valence-corrected chi connectivity index (χ2v) is 8.27. The SMILES string of the molecule is Cn1cc2cc(-c3cncc(Cl)c3N3CCC4(CCNC4=O)CC3)ccc2n1. The number of anilines is 1. The highest BCUT2D eigenvalue weighted by molar-refractivity contribution is 6.33. The van der Waals surface area contributed by atoms with Crippen molar-refractivity contribution in [1.82, 2.24) is 20.1 Å². The molecule has 2 aliphatic heterocycles. The van der Waals surface area contributed by atoms with Crippen LogP contribution in [0.1, 0.15) is 19.3 Å². The Morgan fingerprint density at radius 3 is 2.75 bits per heavy atom. The van der Waals surface area contributed by atoms with Crippen LogP contribution in [-0.2, 0) is 11.8 Å². The van der Waals surface area contributed by atoms with E-state index in [2.05, 4.69) is 32.4 Å². The lowest BCUT2D eigenvalue weighted by molar-refractivity contribution is -0.128. The number of benzene rings is 1. The van der Waals surface area contributed by atoms with Gasteiger partial charge in [0.05, 0.1) is 21.6 Å². The molecule has 3 aromatic rings. The molecule has 1 amide bonds. The summed E-state index contributed by atoms with van der Waals surface area (Å²) in [5, 5.41) is 9.19. The van der Waals surface area contributed by atoms with Crippen LogP contribution in [0.3, 0.4) is 0 Å². The molecule has 2 saturated heterocycles. The number of carbonyl (C=O) groups excluding carboxylic acids is 1. The number of nitrogens with zero attached hydrogens (tertiary/aromatic N) is 4. The van der Waals surface area contributed by atoms with E-state index in [0.717, 1.165) is 66.6 Å². The van der Waals surface area contributed by atoms with Gasteiger partial charge in [0.15, 0.2) is 0 Å². The summed E-state index contributed by atoms with van der Waals surface area (Å²) in [4.78, 5) is 19.0. The zero-order valence-corrected chi connectivity index (χ0v) is 16.5. The first-order valence-electron chi connectivity index (χ1n) is 9.66. The van der Waals surface area contributed by atoms with Crippen molar-refractivity contribution < 1.29 is 4.79 Å². The van der Waals surface area contributed by atoms with Gasteiger partial charge >= 0.3 is 0 Å². The Hall–Kier alpha value is -2.60. The second kappa shape index (κ2) is 6.48. The number of piperidine rings is 1. The Morgan fingerprint density at radius 1 is 1.18 bits per heavy atom. The third-order valence-corrected chi connectivity index (χ3v) is 6.49. The van der Waals surface area contributed by atoms with E-state index in [0.29, 0.717) is 5.02 Å². The summed E-state index contributed by atoms with van der Waals surface area (Å²) < 4.78 is 1.82. The molecule has 0 saturated carbocycles. The van der Waals surface area contributed by atoms with E-state index >= 15 is 0 Å². The molecule has 2 aromatic heterocycles. The Kier molecular flexibility index (Phi) is 4.05. The van der Waals surface area contributed by atoms with Crippen LogP contribution in [0, 0.1) is 5.41 Å². The second-order valence-electron chi connectivity index (χ2n) is 7.87. The zero-order chi connectivity index (χ0) is 19.3. The van der Waals surface area contributed by atoms with Crippen molar-refractivity contribution in [1.29, 1.82) is 0 Å². The monoisotopic (exact) mass is 395 g/mol. The number of carbonyl (C=O) groups is 1. The van der Waals surface area contributed by atoms with Crippen molar-refractivity contribution in [3.63, 3.8) is 0 Å². The maximum atomic E-state index is 12.3. The molecule has 28 heavy (non-hydrogen) atoms. The van der Waals surface area contributed by atoms with Crippen molar-refractivity contribution in [3.05, 3.63) is 41.8 Å². The molecule has 6 nitrogen and oxygen atoms in total. The van der Waals surface area contributed by atoms with Gasteiger partial charge in [-0.25, -0.2) is 0 Å². The molecular weight excluding hydrogens is 374 g/mol. The number of hydrogen-bond donors (Lipinski definition) is 1. The number of amides is 1. The van der Waals surface area contributed by atoms with E-state index in [4.69, 9.17) is 11.6 Å². The van der Waals surface area contributed by atoms with Crippen LogP contribution in [0.4, 0.5) is 5.69 Å². The molecule has 1 N–H and O–H groups in total. The summed E-state index contributed by atoms with van der Waals surface area (Å²) in [6.07, 6.45) is 8.26. The lowest BCUT2D eigenvalue weighted by atomic mass is 9.77. The van der Waals surface area contributed by atoms with Gasteiger partial charge in [-0.15, -0.1) is 0 Å². The van der Waals surface area contributed by atoms with Gasteiger partial charge in [0.1, 0.15) is 0 Å². The van der Waals surface area contributed by atoms with Crippen LogP contribution in [0.5, 0.6) is 0 Å². The normalized spacial score (nSPS) is 18.8. The van der Waals surface area contributed by atoms with E-state index in [1.54, 1.807) is 6.20 Å². The average Bonchev–Trinajstić information content (AvgIpc) is 3.24. The number of nitrogens with one attached hydrogen (secondary N) is 1. The van der Waals surface area contributed by atoms with E-state index < -0.39 is 0 Å². The summed E-state index contributed by atoms with van der Waals surface area (Å²) in [5.41, 5.74) is 3.88. The van der Waals surface area contributed by atoms with E-state index in [9.17, 15) is 4.79 Å². The fraction of sp³-hybridized carbons (Fsp3) is 0.381. The van der Waals surface area contributed by atoms with Crippen LogP contribution < -0.4 is 10.2 Å². The van der Waals surface area contributed by atoms with E-state index in [-0.39, 0.29) is 11.3 Å². The van der Waals surface area contributed by atoms with Crippen molar-refractivity contribution in [2.75, 3.05) is 24.5 Å². The predicted octanol–water partition coefficient (Wildman–Crippen LogP) is 3.40. The quantitative estimate of drug-likeness (QED) is 0.722. The number of halogens is 1. The molecule has 5 rings (SSSR count). The molecule has 0 aliphatic carbocycles. The third-order valence-electron chi connectivity index (χ3n) is 6.21. The molecule has 1 aromatic carbocycles. The fourth-order valence-electron chi connectivity index (χ4n) is 4.63. The van der Waals surface area contributed by atoms with Gasteiger partial charge in [0, 0.05) is 56.2 Å². The topological polar surface area (TPSA) is 63.1 Å². The molecule has 0 unspecified atom stereocenters. The highest BCUT2D eigenvalue weighted by Gasteiger charge is 2.44. The highest BCUT2D eigenvalue weighted by Crippen LogP contribution is 2.43. The molecule has 0 atom stereocenters. The molecule has 0 radical (unpaired) electrons. The van der Waals surface area contributed by atoms with Crippen molar-refractivity contribution >= 4 is 34.1 Å². The summed E-state index contributed by atoms with van der Waals surface area (Å²) in [5.74, 6) is 0.218. The first kappa shape index (κ1) is 17.5. The zero-order valence-electron chi connectivity index (χ0n) is 15.8. The van der Waals surface area contributed by atoms with Crippen LogP contribution in [0.25, 0.3) is 22.0 Å². The predicted molar refractivity (Wildman–Crippen MR) is 110 cm³/mol. The average molecular weight is 396 g/mol. The van der Waals surface area contributed by atoms with Gasteiger partial charge in [-0.1, -0.05) is 17.7 Å². The Bertz CT molecular complexity index is 1070. The number of aromatic nitrogens is 3. The number of rotatable bonds is 2. The molecule has 4 heterocycles. The van der Waals surface area contributed by atoms with Gasteiger partial charge in [-0.05, 0) is 37.0 Å². The van der Waals surface area contributed by atoms with Gasteiger partial charge < -0.3 is 10.2 Å². The molecule has 1 spiro atoms. The Balaban J connectivity index is 1.51. The van der Waals surface area contributed by atoms with Gasteiger partial charge in [0.25, 0.3) is 0 Å². The van der Waals surface area contributed by atoms with Gasteiger partial charge in [-0.3, -0.25) is 14.5 Å². The standard InChI is InChI=1S/C21H22ClN5O/c1-26-13-15-10-14(2-3-18(15)25-26)16-11-23-12-17(22)19(16)27-8-5-21(6-9-27)4-7-24-20(21)28/h2-3,10-13H,4-9H2,1H3,(H,24,28). The van der Waals surface area contributed by atoms with Crippen molar-refractivity contribution in [3.8, 4) is 11.1 Å². The van der Waals surface area contributed by atoms with Crippen LogP contribution in [-0.4, -0.2) is 40.3 Å². The number of hydrogen-bond acceptors (Lipinski definition) is 4. The third kappa shape index (κ3) is 2.75. The number of aryl methyl sites for hydroxylation is 1. The minimum absolute atomic E-state index is 0.190. The Morgan fingerprint density at radius 2 is 2.00 bits per heavy atom. The fourth-order valence-corrected chi connectivity index (χ4v) is 4.91. The minimum Gasteiger partial charge on any atom is -0.370 e. The molecule has 144 valence electrons. The van der Waals surface area contributed by atoms with Crippen LogP contribution in [0.15, 0.2) is 36.8 Å². The summed E-state index contributed by atoms with van der Waals surface area (Å²) in [6.45, 7) is 2.43. The van der Waals surface area contributed by atoms with E-state index in [1.807, 2.05) is 30.2 Å². The van der Waals surface area contributed by atoms with Gasteiger partial charge in [0.2, 0.25) is 5.91 Å². The summed E-state index contributed by atoms with van der Waals surface area (Å²) in [7, 11) is 1.93. The van der Waals surface area contributed by atoms with Crippen molar-refractivity contribution in [2.45, 2.75) is 19.3 Å². The maximum absolute atomic E-state index is 12.3. The largest absolute Gasteiger partial charge is 0.370 e. The van der Waals surface area contributed by atoms with Crippen LogP contribution in [0.2, 0.25) is 5.02 Å². The smallest absolute Gasteiger partial charge is 0.226 e. The summed E-state index contributed by atoms with van der Waals surface area (Å²) >= 11 is 6.61.